The van der Waals surface area contributed by atoms with Crippen LogP contribution in [-0.4, -0.2) is 6.54 Å². The van der Waals surface area contributed by atoms with E-state index < -0.39 is 0 Å². The number of rotatable bonds is 6. The highest BCUT2D eigenvalue weighted by atomic mass is 127. The SMILES string of the molecule is CCCNC(Cc1cc(C)cc(C)c1)c1ccccc1I. The van der Waals surface area contributed by atoms with Crippen molar-refractivity contribution in [2.45, 2.75) is 39.7 Å². The van der Waals surface area contributed by atoms with Crippen molar-refractivity contribution in [2.75, 3.05) is 6.54 Å². The van der Waals surface area contributed by atoms with Gasteiger partial charge in [-0.15, -0.1) is 0 Å². The first kappa shape index (κ1) is 16.5. The van der Waals surface area contributed by atoms with Crippen LogP contribution in [0.25, 0.3) is 0 Å². The second-order valence-corrected chi connectivity index (χ2v) is 6.89. The lowest BCUT2D eigenvalue weighted by Gasteiger charge is -2.21. The predicted octanol–water partition coefficient (Wildman–Crippen LogP) is 5.19. The molecule has 0 heterocycles. The Hall–Kier alpha value is -0.870. The van der Waals surface area contributed by atoms with Gasteiger partial charge in [0.1, 0.15) is 0 Å². The molecule has 1 N–H and O–H groups in total. The van der Waals surface area contributed by atoms with E-state index in [0.717, 1.165) is 19.4 Å². The Morgan fingerprint density at radius 1 is 1.05 bits per heavy atom. The summed E-state index contributed by atoms with van der Waals surface area (Å²) in [5.41, 5.74) is 5.52. The lowest BCUT2D eigenvalue weighted by Crippen LogP contribution is -2.25. The zero-order chi connectivity index (χ0) is 15.2. The summed E-state index contributed by atoms with van der Waals surface area (Å²) in [6.07, 6.45) is 2.20. The largest absolute Gasteiger partial charge is 0.310 e. The third-order valence-corrected chi connectivity index (χ3v) is 4.63. The minimum Gasteiger partial charge on any atom is -0.310 e. The van der Waals surface area contributed by atoms with Gasteiger partial charge in [0.05, 0.1) is 0 Å². The van der Waals surface area contributed by atoms with Gasteiger partial charge in [-0.1, -0.05) is 54.4 Å². The zero-order valence-corrected chi connectivity index (χ0v) is 15.3. The maximum Gasteiger partial charge on any atom is 0.0371 e. The minimum atomic E-state index is 0.388. The van der Waals surface area contributed by atoms with Crippen LogP contribution in [0.1, 0.15) is 41.6 Å². The monoisotopic (exact) mass is 393 g/mol. The summed E-state index contributed by atoms with van der Waals surface area (Å²) in [4.78, 5) is 0. The van der Waals surface area contributed by atoms with Crippen molar-refractivity contribution in [3.8, 4) is 0 Å². The zero-order valence-electron chi connectivity index (χ0n) is 13.1. The summed E-state index contributed by atoms with van der Waals surface area (Å²) < 4.78 is 1.34. The van der Waals surface area contributed by atoms with Crippen LogP contribution in [0.4, 0.5) is 0 Å². The standard InChI is InChI=1S/C19H24IN/c1-4-9-21-19(17-7-5-6-8-18(17)20)13-16-11-14(2)10-15(3)12-16/h5-8,10-12,19,21H,4,9,13H2,1-3H3. The molecule has 0 aliphatic rings. The molecule has 0 aliphatic carbocycles. The normalized spacial score (nSPS) is 12.4. The number of hydrogen-bond donors (Lipinski definition) is 1. The van der Waals surface area contributed by atoms with Crippen molar-refractivity contribution >= 4 is 22.6 Å². The van der Waals surface area contributed by atoms with Gasteiger partial charge >= 0.3 is 0 Å². The lowest BCUT2D eigenvalue weighted by atomic mass is 9.96. The number of hydrogen-bond acceptors (Lipinski definition) is 1. The lowest BCUT2D eigenvalue weighted by molar-refractivity contribution is 0.527. The van der Waals surface area contributed by atoms with E-state index in [0.29, 0.717) is 6.04 Å². The highest BCUT2D eigenvalue weighted by Gasteiger charge is 2.14. The number of aryl methyl sites for hydroxylation is 2. The molecule has 2 aromatic rings. The smallest absolute Gasteiger partial charge is 0.0371 e. The second-order valence-electron chi connectivity index (χ2n) is 5.73. The van der Waals surface area contributed by atoms with Crippen LogP contribution >= 0.6 is 22.6 Å². The highest BCUT2D eigenvalue weighted by molar-refractivity contribution is 14.1. The first-order valence-corrected chi connectivity index (χ1v) is 8.73. The average Bonchev–Trinajstić information content (AvgIpc) is 2.43. The Bertz CT molecular complexity index is 572. The van der Waals surface area contributed by atoms with Crippen molar-refractivity contribution in [1.82, 2.24) is 5.32 Å². The molecule has 0 aromatic heterocycles. The third-order valence-electron chi connectivity index (χ3n) is 3.64. The number of nitrogens with one attached hydrogen (secondary N) is 1. The van der Waals surface area contributed by atoms with E-state index in [2.05, 4.69) is 91.1 Å². The van der Waals surface area contributed by atoms with Gasteiger partial charge in [0.25, 0.3) is 0 Å². The summed E-state index contributed by atoms with van der Waals surface area (Å²) in [5, 5.41) is 3.71. The minimum absolute atomic E-state index is 0.388. The molecule has 1 nitrogen and oxygen atoms in total. The van der Waals surface area contributed by atoms with Crippen LogP contribution in [0.5, 0.6) is 0 Å². The van der Waals surface area contributed by atoms with Crippen molar-refractivity contribution in [3.05, 3.63) is 68.3 Å². The molecule has 0 aliphatic heterocycles. The Morgan fingerprint density at radius 2 is 1.71 bits per heavy atom. The molecule has 2 rings (SSSR count). The molecule has 0 bridgehead atoms. The number of halogens is 1. The van der Waals surface area contributed by atoms with Crippen molar-refractivity contribution in [2.24, 2.45) is 0 Å². The van der Waals surface area contributed by atoms with Gasteiger partial charge in [0.15, 0.2) is 0 Å². The molecule has 0 saturated heterocycles. The Morgan fingerprint density at radius 3 is 2.33 bits per heavy atom. The van der Waals surface area contributed by atoms with Gasteiger partial charge in [-0.05, 0) is 73.0 Å². The summed E-state index contributed by atoms with van der Waals surface area (Å²) in [7, 11) is 0. The average molecular weight is 393 g/mol. The summed E-state index contributed by atoms with van der Waals surface area (Å²) in [6.45, 7) is 7.63. The highest BCUT2D eigenvalue weighted by Crippen LogP contribution is 2.24. The first-order chi connectivity index (χ1) is 10.1. The fourth-order valence-corrected chi connectivity index (χ4v) is 3.55. The van der Waals surface area contributed by atoms with Crippen LogP contribution < -0.4 is 5.32 Å². The van der Waals surface area contributed by atoms with Gasteiger partial charge < -0.3 is 5.32 Å². The molecular weight excluding hydrogens is 369 g/mol. The Kier molecular flexibility index (Phi) is 6.24. The van der Waals surface area contributed by atoms with E-state index >= 15 is 0 Å². The fourth-order valence-electron chi connectivity index (χ4n) is 2.79. The van der Waals surface area contributed by atoms with Crippen LogP contribution in [0.15, 0.2) is 42.5 Å². The van der Waals surface area contributed by atoms with Crippen LogP contribution in [0.3, 0.4) is 0 Å². The summed E-state index contributed by atoms with van der Waals surface area (Å²) in [5.74, 6) is 0. The van der Waals surface area contributed by atoms with Crippen molar-refractivity contribution in [3.63, 3.8) is 0 Å². The van der Waals surface area contributed by atoms with E-state index in [9.17, 15) is 0 Å². The maximum absolute atomic E-state index is 3.71. The Labute approximate surface area is 142 Å². The van der Waals surface area contributed by atoms with Crippen LogP contribution in [0.2, 0.25) is 0 Å². The molecule has 2 heteroatoms. The van der Waals surface area contributed by atoms with E-state index in [1.807, 2.05) is 0 Å². The number of benzene rings is 2. The fraction of sp³-hybridized carbons (Fsp3) is 0.368. The molecule has 0 amide bonds. The van der Waals surface area contributed by atoms with Crippen LogP contribution in [-0.2, 0) is 6.42 Å². The topological polar surface area (TPSA) is 12.0 Å². The second kappa shape index (κ2) is 7.95. The third kappa shape index (κ3) is 4.82. The molecule has 0 saturated carbocycles. The molecule has 112 valence electrons. The molecule has 0 spiro atoms. The van der Waals surface area contributed by atoms with Gasteiger partial charge in [-0.2, -0.15) is 0 Å². The molecule has 2 aromatic carbocycles. The van der Waals surface area contributed by atoms with Gasteiger partial charge in [-0.3, -0.25) is 0 Å². The molecule has 0 fully saturated rings. The van der Waals surface area contributed by atoms with Crippen molar-refractivity contribution < 1.29 is 0 Å². The Balaban J connectivity index is 2.26. The van der Waals surface area contributed by atoms with Crippen molar-refractivity contribution in [1.29, 1.82) is 0 Å². The molecule has 1 atom stereocenters. The molecule has 0 radical (unpaired) electrons. The maximum atomic E-state index is 3.71. The van der Waals surface area contributed by atoms with E-state index in [4.69, 9.17) is 0 Å². The summed E-state index contributed by atoms with van der Waals surface area (Å²) in [6, 6.07) is 15.9. The van der Waals surface area contributed by atoms with Crippen LogP contribution in [0, 0.1) is 17.4 Å². The van der Waals surface area contributed by atoms with Gasteiger partial charge in [0, 0.05) is 9.61 Å². The molecule has 21 heavy (non-hydrogen) atoms. The van der Waals surface area contributed by atoms with Gasteiger partial charge in [0.2, 0.25) is 0 Å². The molecular formula is C19H24IN. The van der Waals surface area contributed by atoms with E-state index in [1.165, 1.54) is 25.8 Å². The van der Waals surface area contributed by atoms with E-state index in [-0.39, 0.29) is 0 Å². The quantitative estimate of drug-likeness (QED) is 0.666. The molecule has 1 unspecified atom stereocenters. The van der Waals surface area contributed by atoms with E-state index in [1.54, 1.807) is 0 Å². The van der Waals surface area contributed by atoms with Gasteiger partial charge in [-0.25, -0.2) is 0 Å². The predicted molar refractivity (Wildman–Crippen MR) is 99.8 cm³/mol. The first-order valence-electron chi connectivity index (χ1n) is 7.65. The summed E-state index contributed by atoms with van der Waals surface area (Å²) >= 11 is 2.44.